The van der Waals surface area contributed by atoms with Crippen LogP contribution in [0.4, 0.5) is 4.39 Å². The number of hydrogen-bond donors (Lipinski definition) is 2. The molecule has 0 aromatic heterocycles. The van der Waals surface area contributed by atoms with Gasteiger partial charge in [-0.3, -0.25) is 0 Å². The van der Waals surface area contributed by atoms with Gasteiger partial charge >= 0.3 is 0 Å². The topological polar surface area (TPSA) is 24.1 Å². The van der Waals surface area contributed by atoms with Crippen LogP contribution in [-0.2, 0) is 6.54 Å². The standard InChI is InChI=1S/C7H8ClFN2/c8-11-10-5-6-1-3-7(9)4-2-6/h1-4,10-11H,5H2. The highest BCUT2D eigenvalue weighted by atomic mass is 35.5. The second kappa shape index (κ2) is 4.28. The molecule has 0 unspecified atom stereocenters. The predicted molar refractivity (Wildman–Crippen MR) is 42.2 cm³/mol. The maximum absolute atomic E-state index is 12.3. The van der Waals surface area contributed by atoms with Crippen LogP contribution in [0.15, 0.2) is 24.3 Å². The highest BCUT2D eigenvalue weighted by Gasteiger charge is 1.91. The Balaban J connectivity index is 2.52. The zero-order chi connectivity index (χ0) is 8.10. The van der Waals surface area contributed by atoms with E-state index in [1.165, 1.54) is 12.1 Å². The molecule has 0 atom stereocenters. The molecule has 0 heterocycles. The fourth-order valence-corrected chi connectivity index (χ4v) is 0.805. The van der Waals surface area contributed by atoms with Crippen molar-refractivity contribution in [1.82, 2.24) is 10.4 Å². The van der Waals surface area contributed by atoms with E-state index < -0.39 is 0 Å². The SMILES string of the molecule is Fc1ccc(CNNCl)cc1. The molecule has 0 saturated heterocycles. The lowest BCUT2D eigenvalue weighted by Gasteiger charge is -1.99. The minimum atomic E-state index is -0.229. The highest BCUT2D eigenvalue weighted by Crippen LogP contribution is 2.01. The van der Waals surface area contributed by atoms with Crippen molar-refractivity contribution in [2.45, 2.75) is 6.54 Å². The van der Waals surface area contributed by atoms with E-state index in [1.807, 2.05) is 0 Å². The van der Waals surface area contributed by atoms with Gasteiger partial charge in [-0.05, 0) is 29.5 Å². The van der Waals surface area contributed by atoms with Crippen molar-refractivity contribution in [2.24, 2.45) is 0 Å². The summed E-state index contributed by atoms with van der Waals surface area (Å²) in [6.45, 7) is 0.573. The maximum Gasteiger partial charge on any atom is 0.123 e. The zero-order valence-corrected chi connectivity index (χ0v) is 6.53. The van der Waals surface area contributed by atoms with E-state index in [4.69, 9.17) is 11.8 Å². The van der Waals surface area contributed by atoms with E-state index in [0.717, 1.165) is 5.56 Å². The third-order valence-corrected chi connectivity index (χ3v) is 1.41. The molecule has 11 heavy (non-hydrogen) atoms. The van der Waals surface area contributed by atoms with Gasteiger partial charge < -0.3 is 0 Å². The summed E-state index contributed by atoms with van der Waals surface area (Å²) >= 11 is 5.15. The Morgan fingerprint density at radius 1 is 1.27 bits per heavy atom. The quantitative estimate of drug-likeness (QED) is 0.537. The van der Waals surface area contributed by atoms with E-state index in [-0.39, 0.29) is 5.82 Å². The molecule has 0 fully saturated rings. The van der Waals surface area contributed by atoms with Crippen LogP contribution in [0, 0.1) is 5.82 Å². The number of hydrogen-bond acceptors (Lipinski definition) is 2. The third-order valence-electron chi connectivity index (χ3n) is 1.27. The van der Waals surface area contributed by atoms with Gasteiger partial charge in [-0.1, -0.05) is 12.1 Å². The lowest BCUT2D eigenvalue weighted by Crippen LogP contribution is -2.21. The van der Waals surface area contributed by atoms with Crippen molar-refractivity contribution < 1.29 is 4.39 Å². The average molecular weight is 175 g/mol. The Hall–Kier alpha value is -0.640. The summed E-state index contributed by atoms with van der Waals surface area (Å²) < 4.78 is 12.3. The Morgan fingerprint density at radius 2 is 1.91 bits per heavy atom. The van der Waals surface area contributed by atoms with E-state index in [0.29, 0.717) is 6.54 Å². The van der Waals surface area contributed by atoms with Crippen LogP contribution in [0.2, 0.25) is 0 Å². The third kappa shape index (κ3) is 2.84. The second-order valence-corrected chi connectivity index (χ2v) is 2.26. The molecule has 4 heteroatoms. The van der Waals surface area contributed by atoms with Gasteiger partial charge in [0.05, 0.1) is 0 Å². The van der Waals surface area contributed by atoms with Crippen molar-refractivity contribution >= 4 is 11.8 Å². The summed E-state index contributed by atoms with van der Waals surface area (Å²) in [6, 6.07) is 6.20. The normalized spacial score (nSPS) is 10.0. The van der Waals surface area contributed by atoms with Crippen LogP contribution >= 0.6 is 11.8 Å². The molecule has 0 aliphatic rings. The van der Waals surface area contributed by atoms with Gasteiger partial charge in [-0.15, -0.1) is 0 Å². The first-order valence-corrected chi connectivity index (χ1v) is 3.53. The Morgan fingerprint density at radius 3 is 2.45 bits per heavy atom. The van der Waals surface area contributed by atoms with Crippen LogP contribution in [0.3, 0.4) is 0 Å². The van der Waals surface area contributed by atoms with Gasteiger partial charge in [0.1, 0.15) is 5.82 Å². The largest absolute Gasteiger partial charge is 0.239 e. The first-order valence-electron chi connectivity index (χ1n) is 3.16. The predicted octanol–water partition coefficient (Wildman–Crippen LogP) is 1.57. The fourth-order valence-electron chi connectivity index (χ4n) is 0.738. The monoisotopic (exact) mass is 174 g/mol. The molecule has 0 aliphatic heterocycles. The molecular formula is C7H8ClFN2. The smallest absolute Gasteiger partial charge is 0.123 e. The average Bonchev–Trinajstić information content (AvgIpc) is 2.04. The summed E-state index contributed by atoms with van der Waals surface area (Å²) in [5.41, 5.74) is 3.65. The van der Waals surface area contributed by atoms with Crippen LogP contribution in [0.5, 0.6) is 0 Å². The first kappa shape index (κ1) is 8.46. The molecule has 2 nitrogen and oxygen atoms in total. The number of halogens is 2. The summed E-state index contributed by atoms with van der Waals surface area (Å²) in [4.78, 5) is 2.26. The fraction of sp³-hybridized carbons (Fsp3) is 0.143. The molecule has 1 aromatic rings. The van der Waals surface area contributed by atoms with E-state index in [1.54, 1.807) is 12.1 Å². The van der Waals surface area contributed by atoms with Crippen LogP contribution < -0.4 is 10.4 Å². The Bertz CT molecular complexity index is 212. The summed E-state index contributed by atoms with van der Waals surface area (Å²) in [7, 11) is 0. The minimum Gasteiger partial charge on any atom is -0.239 e. The molecule has 0 bridgehead atoms. The van der Waals surface area contributed by atoms with Gasteiger partial charge in [0.15, 0.2) is 0 Å². The maximum atomic E-state index is 12.3. The van der Waals surface area contributed by atoms with Crippen molar-refractivity contribution in [3.8, 4) is 0 Å². The molecule has 2 N–H and O–H groups in total. The van der Waals surface area contributed by atoms with E-state index in [2.05, 4.69) is 10.4 Å². The Labute approximate surface area is 69.4 Å². The molecule has 0 saturated carbocycles. The molecule has 60 valence electrons. The molecule has 1 aromatic carbocycles. The zero-order valence-electron chi connectivity index (χ0n) is 5.77. The minimum absolute atomic E-state index is 0.229. The number of benzene rings is 1. The van der Waals surface area contributed by atoms with Crippen molar-refractivity contribution in [2.75, 3.05) is 0 Å². The van der Waals surface area contributed by atoms with Crippen molar-refractivity contribution in [1.29, 1.82) is 0 Å². The van der Waals surface area contributed by atoms with Crippen molar-refractivity contribution in [3.63, 3.8) is 0 Å². The van der Waals surface area contributed by atoms with Crippen LogP contribution in [0.1, 0.15) is 5.56 Å². The van der Waals surface area contributed by atoms with E-state index in [9.17, 15) is 4.39 Å². The van der Waals surface area contributed by atoms with E-state index >= 15 is 0 Å². The van der Waals surface area contributed by atoms with Crippen LogP contribution in [-0.4, -0.2) is 0 Å². The van der Waals surface area contributed by atoms with Gasteiger partial charge in [0, 0.05) is 6.54 Å². The number of nitrogens with one attached hydrogen (secondary N) is 2. The lowest BCUT2D eigenvalue weighted by atomic mass is 10.2. The summed E-state index contributed by atoms with van der Waals surface area (Å²) in [6.07, 6.45) is 0. The number of rotatable bonds is 3. The molecule has 0 amide bonds. The number of hydrazine groups is 1. The molecule has 0 spiro atoms. The summed E-state index contributed by atoms with van der Waals surface area (Å²) in [5, 5.41) is 0. The summed E-state index contributed by atoms with van der Waals surface area (Å²) in [5.74, 6) is -0.229. The second-order valence-electron chi connectivity index (χ2n) is 2.07. The first-order chi connectivity index (χ1) is 5.33. The lowest BCUT2D eigenvalue weighted by molar-refractivity contribution is 0.624. The van der Waals surface area contributed by atoms with Crippen molar-refractivity contribution in [3.05, 3.63) is 35.6 Å². The van der Waals surface area contributed by atoms with Gasteiger partial charge in [-0.25, -0.2) is 9.82 Å². The molecule has 0 radical (unpaired) electrons. The van der Waals surface area contributed by atoms with Gasteiger partial charge in [0.25, 0.3) is 0 Å². The highest BCUT2D eigenvalue weighted by molar-refractivity contribution is 6.13. The van der Waals surface area contributed by atoms with Gasteiger partial charge in [0.2, 0.25) is 0 Å². The molecular weight excluding hydrogens is 167 g/mol. The van der Waals surface area contributed by atoms with Gasteiger partial charge in [-0.2, -0.15) is 4.94 Å². The van der Waals surface area contributed by atoms with Crippen LogP contribution in [0.25, 0.3) is 0 Å². The Kier molecular flexibility index (Phi) is 3.29. The molecule has 1 rings (SSSR count). The molecule has 0 aliphatic carbocycles.